The molecule has 0 unspecified atom stereocenters. The van der Waals surface area contributed by atoms with Crippen LogP contribution in [0.4, 0.5) is 5.69 Å². The first-order valence-electron chi connectivity index (χ1n) is 9.24. The van der Waals surface area contributed by atoms with Gasteiger partial charge in [-0.25, -0.2) is 4.79 Å². The van der Waals surface area contributed by atoms with Crippen molar-refractivity contribution in [2.45, 2.75) is 25.8 Å². The van der Waals surface area contributed by atoms with Gasteiger partial charge in [-0.1, -0.05) is 6.08 Å². The molecule has 1 saturated heterocycles. The highest BCUT2D eigenvalue weighted by Gasteiger charge is 2.26. The summed E-state index contributed by atoms with van der Waals surface area (Å²) in [7, 11) is 0. The van der Waals surface area contributed by atoms with Gasteiger partial charge in [0.05, 0.1) is 11.5 Å². The zero-order valence-electron chi connectivity index (χ0n) is 16.0. The van der Waals surface area contributed by atoms with Gasteiger partial charge in [0.25, 0.3) is 5.69 Å². The van der Waals surface area contributed by atoms with Crippen molar-refractivity contribution in [1.29, 1.82) is 0 Å². The van der Waals surface area contributed by atoms with Gasteiger partial charge >= 0.3 is 5.97 Å². The van der Waals surface area contributed by atoms with E-state index in [1.807, 2.05) is 0 Å². The van der Waals surface area contributed by atoms with Gasteiger partial charge in [-0.05, 0) is 43.5 Å². The van der Waals surface area contributed by atoms with Crippen LogP contribution in [0.1, 0.15) is 25.3 Å². The lowest BCUT2D eigenvalue weighted by atomic mass is 9.98. The fraction of sp³-hybridized carbons (Fsp3) is 0.350. The Balaban J connectivity index is 2.01. The van der Waals surface area contributed by atoms with Gasteiger partial charge in [-0.3, -0.25) is 19.7 Å². The van der Waals surface area contributed by atoms with Crippen LogP contribution in [0, 0.1) is 16.0 Å². The highest BCUT2D eigenvalue weighted by Crippen LogP contribution is 2.17. The molecule has 2 atom stereocenters. The molecule has 0 spiro atoms. The number of benzene rings is 1. The standard InChI is InChI=1S/C20H23N3O6/c1-2-29-19(25)10-6-16(13-15-11-12-21-20(15)26)22-18(24)9-5-14-3-7-17(8-4-14)23(27)28/h3-10,15-16H,2,11-13H2,1H3,(H,21,26)(H,22,24)/b9-5+,10-6+/t15-,16+/m0/s1. The molecule has 1 fully saturated rings. The van der Waals surface area contributed by atoms with Crippen LogP contribution in [0.15, 0.2) is 42.5 Å². The summed E-state index contributed by atoms with van der Waals surface area (Å²) < 4.78 is 4.84. The van der Waals surface area contributed by atoms with E-state index in [1.54, 1.807) is 6.92 Å². The quantitative estimate of drug-likeness (QED) is 0.281. The van der Waals surface area contributed by atoms with E-state index in [4.69, 9.17) is 4.74 Å². The van der Waals surface area contributed by atoms with E-state index < -0.39 is 22.8 Å². The van der Waals surface area contributed by atoms with Gasteiger partial charge < -0.3 is 15.4 Å². The minimum Gasteiger partial charge on any atom is -0.463 e. The van der Waals surface area contributed by atoms with Gasteiger partial charge in [0.2, 0.25) is 11.8 Å². The van der Waals surface area contributed by atoms with Crippen molar-refractivity contribution in [3.05, 3.63) is 58.2 Å². The molecule has 2 N–H and O–H groups in total. The number of esters is 1. The molecule has 0 bridgehead atoms. The van der Waals surface area contributed by atoms with Crippen LogP contribution in [-0.2, 0) is 19.1 Å². The molecular weight excluding hydrogens is 378 g/mol. The van der Waals surface area contributed by atoms with Gasteiger partial charge in [0.15, 0.2) is 0 Å². The third-order valence-electron chi connectivity index (χ3n) is 4.31. The zero-order valence-corrected chi connectivity index (χ0v) is 16.0. The van der Waals surface area contributed by atoms with Crippen LogP contribution < -0.4 is 10.6 Å². The van der Waals surface area contributed by atoms with Crippen LogP contribution in [0.3, 0.4) is 0 Å². The summed E-state index contributed by atoms with van der Waals surface area (Å²) >= 11 is 0. The number of non-ortho nitro benzene ring substituents is 1. The third-order valence-corrected chi connectivity index (χ3v) is 4.31. The molecule has 1 aliphatic heterocycles. The topological polar surface area (TPSA) is 128 Å². The highest BCUT2D eigenvalue weighted by atomic mass is 16.6. The molecule has 29 heavy (non-hydrogen) atoms. The summed E-state index contributed by atoms with van der Waals surface area (Å²) in [4.78, 5) is 45.8. The average Bonchev–Trinajstić information content (AvgIpc) is 3.09. The maximum Gasteiger partial charge on any atom is 0.330 e. The number of nitro benzene ring substituents is 1. The second-order valence-corrected chi connectivity index (χ2v) is 6.42. The Labute approximate surface area is 168 Å². The number of carbonyl (C=O) groups is 3. The van der Waals surface area contributed by atoms with Crippen molar-refractivity contribution < 1.29 is 24.0 Å². The van der Waals surface area contributed by atoms with Gasteiger partial charge in [-0.2, -0.15) is 0 Å². The molecule has 2 rings (SSSR count). The number of carbonyl (C=O) groups excluding carboxylic acids is 3. The predicted octanol–water partition coefficient (Wildman–Crippen LogP) is 1.74. The Kier molecular flexibility index (Phi) is 8.08. The number of rotatable bonds is 9. The van der Waals surface area contributed by atoms with Gasteiger partial charge in [0.1, 0.15) is 0 Å². The van der Waals surface area contributed by atoms with E-state index in [0.717, 1.165) is 0 Å². The van der Waals surface area contributed by atoms with Crippen LogP contribution in [0.2, 0.25) is 0 Å². The van der Waals surface area contributed by atoms with E-state index in [1.165, 1.54) is 48.6 Å². The highest BCUT2D eigenvalue weighted by molar-refractivity contribution is 5.92. The molecule has 1 aliphatic rings. The average molecular weight is 401 g/mol. The summed E-state index contributed by atoms with van der Waals surface area (Å²) in [5.41, 5.74) is 0.588. The Morgan fingerprint density at radius 1 is 1.34 bits per heavy atom. The maximum absolute atomic E-state index is 12.3. The molecule has 0 saturated carbocycles. The molecule has 0 radical (unpaired) electrons. The van der Waals surface area contributed by atoms with Crippen molar-refractivity contribution in [1.82, 2.24) is 10.6 Å². The fourth-order valence-electron chi connectivity index (χ4n) is 2.86. The number of amides is 2. The Hall–Kier alpha value is -3.49. The van der Waals surface area contributed by atoms with Crippen molar-refractivity contribution >= 4 is 29.5 Å². The van der Waals surface area contributed by atoms with Gasteiger partial charge in [0, 0.05) is 42.8 Å². The lowest BCUT2D eigenvalue weighted by Gasteiger charge is -2.17. The number of hydrogen-bond acceptors (Lipinski definition) is 6. The maximum atomic E-state index is 12.3. The van der Waals surface area contributed by atoms with E-state index in [9.17, 15) is 24.5 Å². The van der Waals surface area contributed by atoms with Crippen LogP contribution in [-0.4, -0.2) is 41.9 Å². The number of nitrogens with zero attached hydrogens (tertiary/aromatic N) is 1. The van der Waals surface area contributed by atoms with E-state index in [2.05, 4.69) is 10.6 Å². The molecule has 9 heteroatoms. The smallest absolute Gasteiger partial charge is 0.330 e. The summed E-state index contributed by atoms with van der Waals surface area (Å²) in [5.74, 6) is -1.26. The predicted molar refractivity (Wildman–Crippen MR) is 106 cm³/mol. The molecule has 154 valence electrons. The number of nitrogens with one attached hydrogen (secondary N) is 2. The zero-order chi connectivity index (χ0) is 21.2. The first kappa shape index (κ1) is 21.8. The normalized spacial score (nSPS) is 17.3. The lowest BCUT2D eigenvalue weighted by Crippen LogP contribution is -2.35. The van der Waals surface area contributed by atoms with Crippen molar-refractivity contribution in [2.24, 2.45) is 5.92 Å². The van der Waals surface area contributed by atoms with Crippen LogP contribution in [0.25, 0.3) is 6.08 Å². The van der Waals surface area contributed by atoms with Crippen LogP contribution >= 0.6 is 0 Å². The monoisotopic (exact) mass is 401 g/mol. The third kappa shape index (κ3) is 7.21. The van der Waals surface area contributed by atoms with Crippen molar-refractivity contribution in [2.75, 3.05) is 13.2 Å². The Morgan fingerprint density at radius 2 is 2.07 bits per heavy atom. The molecular formula is C20H23N3O6. The Morgan fingerprint density at radius 3 is 2.66 bits per heavy atom. The van der Waals surface area contributed by atoms with Gasteiger partial charge in [-0.15, -0.1) is 0 Å². The lowest BCUT2D eigenvalue weighted by molar-refractivity contribution is -0.384. The first-order valence-corrected chi connectivity index (χ1v) is 9.24. The molecule has 9 nitrogen and oxygen atoms in total. The minimum atomic E-state index is -0.526. The number of ether oxygens (including phenoxy) is 1. The number of nitro groups is 1. The molecule has 1 aromatic carbocycles. The van der Waals surface area contributed by atoms with E-state index in [-0.39, 0.29) is 24.1 Å². The molecule has 0 aliphatic carbocycles. The summed E-state index contributed by atoms with van der Waals surface area (Å²) in [6.07, 6.45) is 6.59. The van der Waals surface area contributed by atoms with Crippen molar-refractivity contribution in [3.63, 3.8) is 0 Å². The largest absolute Gasteiger partial charge is 0.463 e. The molecule has 1 aromatic rings. The summed E-state index contributed by atoms with van der Waals surface area (Å²) in [5, 5.41) is 16.2. The number of hydrogen-bond donors (Lipinski definition) is 2. The molecule has 0 aromatic heterocycles. The summed E-state index contributed by atoms with van der Waals surface area (Å²) in [6.45, 7) is 2.52. The van der Waals surface area contributed by atoms with E-state index in [0.29, 0.717) is 24.9 Å². The second-order valence-electron chi connectivity index (χ2n) is 6.42. The first-order chi connectivity index (χ1) is 13.9. The minimum absolute atomic E-state index is 0.0365. The SMILES string of the molecule is CCOC(=O)/C=C/[C@H](C[C@@H]1CCNC1=O)NC(=O)/C=C/c1ccc([N+](=O)[O-])cc1. The Bertz CT molecular complexity index is 816. The van der Waals surface area contributed by atoms with Crippen molar-refractivity contribution in [3.8, 4) is 0 Å². The molecule has 1 heterocycles. The molecule has 2 amide bonds. The van der Waals surface area contributed by atoms with E-state index >= 15 is 0 Å². The second kappa shape index (κ2) is 10.7. The summed E-state index contributed by atoms with van der Waals surface area (Å²) in [6, 6.07) is 5.23. The fourth-order valence-corrected chi connectivity index (χ4v) is 2.86. The van der Waals surface area contributed by atoms with Crippen LogP contribution in [0.5, 0.6) is 0 Å².